The first-order valence-electron chi connectivity index (χ1n) is 17.3. The smallest absolute Gasteiger partial charge is 0.135 e. The highest BCUT2D eigenvalue weighted by molar-refractivity contribution is 6.06. The Morgan fingerprint density at radius 1 is 0.500 bits per heavy atom. The molecule has 0 saturated heterocycles. The SMILES string of the molecule is C\C=C/C(/C=C\C(=C/Cc1ccc(-c2ccc3oc4ccccc4c3c2)cc1)c1cc(-c2ccccc2)cc(-c2ccccc2)c1)=C\C=C\C. The molecule has 0 N–H and O–H groups in total. The molecule has 0 aliphatic rings. The number of hydrogen-bond acceptors (Lipinski definition) is 1. The molecule has 0 radical (unpaired) electrons. The molecule has 0 fully saturated rings. The molecule has 50 heavy (non-hydrogen) atoms. The van der Waals surface area contributed by atoms with E-state index in [4.69, 9.17) is 4.42 Å². The molecule has 1 nitrogen and oxygen atoms in total. The predicted molar refractivity (Wildman–Crippen MR) is 215 cm³/mol. The molecule has 7 aromatic rings. The number of hydrogen-bond donors (Lipinski definition) is 0. The van der Waals surface area contributed by atoms with Gasteiger partial charge in [0.25, 0.3) is 0 Å². The lowest BCUT2D eigenvalue weighted by atomic mass is 9.92. The first kappa shape index (κ1) is 32.4. The van der Waals surface area contributed by atoms with Gasteiger partial charge in [0.05, 0.1) is 0 Å². The fraction of sp³-hybridized carbons (Fsp3) is 0.0612. The molecule has 0 aliphatic carbocycles. The van der Waals surface area contributed by atoms with Crippen molar-refractivity contribution in [3.8, 4) is 33.4 Å². The molecule has 1 heterocycles. The molecule has 7 rings (SSSR count). The van der Waals surface area contributed by atoms with Crippen molar-refractivity contribution in [3.05, 3.63) is 211 Å². The van der Waals surface area contributed by atoms with E-state index in [0.29, 0.717) is 0 Å². The zero-order valence-electron chi connectivity index (χ0n) is 28.6. The monoisotopic (exact) mass is 644 g/mol. The Hall–Kier alpha value is -6.18. The standard InChI is InChI=1S/C49H40O/c1-3-5-15-36(14-4-2)22-28-41(45-33-43(38-16-8-6-9-17-38)32-44(34-45)39-18-10-7-11-19-39)29-25-37-23-26-40(27-24-37)42-30-31-49-47(35-42)46-20-12-13-21-48(46)50-49/h3-24,26-35H,25H2,1-2H3/b5-3+,14-4-,28-22-,36-15+,41-29+. The second kappa shape index (κ2) is 15.4. The van der Waals surface area contributed by atoms with Crippen molar-refractivity contribution in [1.82, 2.24) is 0 Å². The van der Waals surface area contributed by atoms with Gasteiger partial charge in [-0.1, -0.05) is 158 Å². The van der Waals surface area contributed by atoms with Crippen LogP contribution < -0.4 is 0 Å². The molecule has 0 unspecified atom stereocenters. The Labute approximate surface area is 295 Å². The molecular formula is C49H40O. The number of furan rings is 1. The van der Waals surface area contributed by atoms with Crippen molar-refractivity contribution in [3.63, 3.8) is 0 Å². The molecule has 1 heteroatoms. The lowest BCUT2D eigenvalue weighted by Crippen LogP contribution is -1.90. The zero-order chi connectivity index (χ0) is 34.1. The molecule has 0 bridgehead atoms. The van der Waals surface area contributed by atoms with E-state index in [1.807, 2.05) is 19.1 Å². The van der Waals surface area contributed by atoms with E-state index in [0.717, 1.165) is 33.9 Å². The van der Waals surface area contributed by atoms with Gasteiger partial charge in [-0.15, -0.1) is 0 Å². The molecule has 0 spiro atoms. The summed E-state index contributed by atoms with van der Waals surface area (Å²) in [5.41, 5.74) is 13.8. The topological polar surface area (TPSA) is 13.1 Å². The quantitative estimate of drug-likeness (QED) is 0.135. The van der Waals surface area contributed by atoms with E-state index >= 15 is 0 Å². The van der Waals surface area contributed by atoms with Crippen LogP contribution in [0.15, 0.2) is 204 Å². The predicted octanol–water partition coefficient (Wildman–Crippen LogP) is 13.8. The van der Waals surface area contributed by atoms with E-state index in [1.54, 1.807) is 0 Å². The highest BCUT2D eigenvalue weighted by Crippen LogP contribution is 2.34. The Morgan fingerprint density at radius 2 is 1.12 bits per heavy atom. The summed E-state index contributed by atoms with van der Waals surface area (Å²) in [6.07, 6.45) is 18.1. The summed E-state index contributed by atoms with van der Waals surface area (Å²) in [4.78, 5) is 0. The fourth-order valence-corrected chi connectivity index (χ4v) is 6.39. The molecule has 0 aliphatic heterocycles. The third-order valence-electron chi connectivity index (χ3n) is 9.00. The van der Waals surface area contributed by atoms with Crippen LogP contribution in [0.3, 0.4) is 0 Å². The lowest BCUT2D eigenvalue weighted by molar-refractivity contribution is 0.669. The number of fused-ring (bicyclic) bond motifs is 3. The minimum Gasteiger partial charge on any atom is -0.456 e. The van der Waals surface area contributed by atoms with Crippen LogP contribution in [-0.2, 0) is 6.42 Å². The Morgan fingerprint density at radius 3 is 1.80 bits per heavy atom. The minimum atomic E-state index is 0.805. The number of allylic oxidation sites excluding steroid dienone is 10. The van der Waals surface area contributed by atoms with Gasteiger partial charge in [-0.05, 0) is 112 Å². The summed E-state index contributed by atoms with van der Waals surface area (Å²) in [6.45, 7) is 4.10. The highest BCUT2D eigenvalue weighted by atomic mass is 16.3. The number of benzene rings is 6. The first-order valence-corrected chi connectivity index (χ1v) is 17.3. The van der Waals surface area contributed by atoms with Gasteiger partial charge >= 0.3 is 0 Å². The van der Waals surface area contributed by atoms with E-state index in [9.17, 15) is 0 Å². The number of para-hydroxylation sites is 1. The third kappa shape index (κ3) is 7.43. The lowest BCUT2D eigenvalue weighted by Gasteiger charge is -2.13. The van der Waals surface area contributed by atoms with Gasteiger partial charge in [0.2, 0.25) is 0 Å². The van der Waals surface area contributed by atoms with Gasteiger partial charge in [0.1, 0.15) is 11.2 Å². The van der Waals surface area contributed by atoms with Gasteiger partial charge < -0.3 is 4.42 Å². The van der Waals surface area contributed by atoms with E-state index in [-0.39, 0.29) is 0 Å². The first-order chi connectivity index (χ1) is 24.7. The summed E-state index contributed by atoms with van der Waals surface area (Å²) in [6, 6.07) is 51.9. The molecule has 0 saturated carbocycles. The largest absolute Gasteiger partial charge is 0.456 e. The molecular weight excluding hydrogens is 605 g/mol. The van der Waals surface area contributed by atoms with Crippen molar-refractivity contribution >= 4 is 27.5 Å². The van der Waals surface area contributed by atoms with Crippen LogP contribution in [0.25, 0.3) is 60.9 Å². The third-order valence-corrected chi connectivity index (χ3v) is 9.00. The second-order valence-corrected chi connectivity index (χ2v) is 12.4. The van der Waals surface area contributed by atoms with Crippen molar-refractivity contribution in [1.29, 1.82) is 0 Å². The van der Waals surface area contributed by atoms with Gasteiger partial charge in [0.15, 0.2) is 0 Å². The molecule has 1 aromatic heterocycles. The zero-order valence-corrected chi connectivity index (χ0v) is 28.6. The van der Waals surface area contributed by atoms with Crippen molar-refractivity contribution in [2.75, 3.05) is 0 Å². The maximum Gasteiger partial charge on any atom is 0.135 e. The van der Waals surface area contributed by atoms with Crippen LogP contribution in [0.2, 0.25) is 0 Å². The van der Waals surface area contributed by atoms with Crippen molar-refractivity contribution in [2.45, 2.75) is 20.3 Å². The summed E-state index contributed by atoms with van der Waals surface area (Å²) in [5.74, 6) is 0. The highest BCUT2D eigenvalue weighted by Gasteiger charge is 2.10. The number of rotatable bonds is 10. The van der Waals surface area contributed by atoms with Gasteiger partial charge in [-0.25, -0.2) is 0 Å². The van der Waals surface area contributed by atoms with Crippen molar-refractivity contribution < 1.29 is 4.42 Å². The second-order valence-electron chi connectivity index (χ2n) is 12.4. The summed E-state index contributed by atoms with van der Waals surface area (Å²) < 4.78 is 6.06. The van der Waals surface area contributed by atoms with Crippen LogP contribution in [0.5, 0.6) is 0 Å². The Balaban J connectivity index is 1.26. The average molecular weight is 645 g/mol. The molecule has 0 amide bonds. The molecule has 6 aromatic carbocycles. The fourth-order valence-electron chi connectivity index (χ4n) is 6.39. The Kier molecular flexibility index (Phi) is 9.95. The maximum absolute atomic E-state index is 6.06. The van der Waals surface area contributed by atoms with Gasteiger partial charge in [-0.3, -0.25) is 0 Å². The van der Waals surface area contributed by atoms with Crippen LogP contribution in [0.1, 0.15) is 25.0 Å². The maximum atomic E-state index is 6.06. The van der Waals surface area contributed by atoms with E-state index in [1.165, 1.54) is 50.1 Å². The summed E-state index contributed by atoms with van der Waals surface area (Å²) >= 11 is 0. The van der Waals surface area contributed by atoms with Gasteiger partial charge in [-0.2, -0.15) is 0 Å². The van der Waals surface area contributed by atoms with Crippen LogP contribution in [-0.4, -0.2) is 0 Å². The van der Waals surface area contributed by atoms with Crippen LogP contribution in [0.4, 0.5) is 0 Å². The van der Waals surface area contributed by atoms with Gasteiger partial charge in [0, 0.05) is 10.8 Å². The van der Waals surface area contributed by atoms with E-state index < -0.39 is 0 Å². The van der Waals surface area contributed by atoms with Crippen molar-refractivity contribution in [2.24, 2.45) is 0 Å². The molecule has 242 valence electrons. The minimum absolute atomic E-state index is 0.805. The Bertz CT molecular complexity index is 2320. The summed E-state index contributed by atoms with van der Waals surface area (Å²) in [5, 5.41) is 2.30. The molecule has 0 atom stereocenters. The summed E-state index contributed by atoms with van der Waals surface area (Å²) in [7, 11) is 0. The normalized spacial score (nSPS) is 12.7. The van der Waals surface area contributed by atoms with Crippen LogP contribution >= 0.6 is 0 Å². The average Bonchev–Trinajstić information content (AvgIpc) is 3.55. The van der Waals surface area contributed by atoms with E-state index in [2.05, 4.69) is 189 Å². The van der Waals surface area contributed by atoms with Crippen LogP contribution in [0, 0.1) is 0 Å².